The fourth-order valence-electron chi connectivity index (χ4n) is 2.53. The molecular weight excluding hydrogens is 229 g/mol. The van der Waals surface area contributed by atoms with Crippen molar-refractivity contribution in [3.05, 3.63) is 29.6 Å². The maximum Gasteiger partial charge on any atom is 0.123 e. The number of hydrogen-bond donors (Lipinski definition) is 1. The van der Waals surface area contributed by atoms with Crippen LogP contribution in [0.1, 0.15) is 18.5 Å². The van der Waals surface area contributed by atoms with E-state index in [0.29, 0.717) is 0 Å². The van der Waals surface area contributed by atoms with E-state index < -0.39 is 0 Å². The molecule has 1 saturated heterocycles. The molecule has 1 N–H and O–H groups in total. The summed E-state index contributed by atoms with van der Waals surface area (Å²) in [6.07, 6.45) is 0. The van der Waals surface area contributed by atoms with Gasteiger partial charge >= 0.3 is 0 Å². The second-order valence-corrected chi connectivity index (χ2v) is 5.06. The Morgan fingerprint density at radius 3 is 2.56 bits per heavy atom. The fourth-order valence-corrected chi connectivity index (χ4v) is 2.53. The van der Waals surface area contributed by atoms with E-state index in [9.17, 15) is 4.39 Å². The molecule has 1 atom stereocenters. The molecule has 0 saturated carbocycles. The lowest BCUT2D eigenvalue weighted by atomic mass is 10.0. The average molecular weight is 251 g/mol. The molecular formula is C14H22FN3. The van der Waals surface area contributed by atoms with Crippen LogP contribution in [0.3, 0.4) is 0 Å². The van der Waals surface area contributed by atoms with E-state index in [-0.39, 0.29) is 11.9 Å². The summed E-state index contributed by atoms with van der Waals surface area (Å²) in [5.41, 5.74) is 2.17. The van der Waals surface area contributed by atoms with Crippen LogP contribution in [0.2, 0.25) is 0 Å². The number of hydrogen-bond acceptors (Lipinski definition) is 3. The van der Waals surface area contributed by atoms with E-state index in [1.165, 1.54) is 6.07 Å². The van der Waals surface area contributed by atoms with E-state index in [1.807, 2.05) is 25.1 Å². The Kier molecular flexibility index (Phi) is 4.19. The van der Waals surface area contributed by atoms with Crippen molar-refractivity contribution in [1.29, 1.82) is 0 Å². The molecule has 1 aromatic carbocycles. The summed E-state index contributed by atoms with van der Waals surface area (Å²) in [6.45, 7) is 6.22. The lowest BCUT2D eigenvalue weighted by Crippen LogP contribution is -2.44. The molecule has 1 heterocycles. The molecule has 100 valence electrons. The molecule has 3 nitrogen and oxygen atoms in total. The smallest absolute Gasteiger partial charge is 0.123 e. The maximum atomic E-state index is 13.5. The molecule has 0 radical (unpaired) electrons. The molecule has 1 aliphatic heterocycles. The summed E-state index contributed by atoms with van der Waals surface area (Å²) in [5.74, 6) is -0.155. The van der Waals surface area contributed by atoms with Gasteiger partial charge in [0, 0.05) is 52.0 Å². The van der Waals surface area contributed by atoms with Crippen LogP contribution in [0, 0.1) is 5.82 Å². The Labute approximate surface area is 109 Å². The van der Waals surface area contributed by atoms with Gasteiger partial charge in [-0.05, 0) is 30.7 Å². The molecule has 2 rings (SSSR count). The van der Waals surface area contributed by atoms with Crippen molar-refractivity contribution in [1.82, 2.24) is 10.2 Å². The SMILES string of the molecule is CC(c1cc(F)ccc1N(C)C)N1CCNCC1. The zero-order valence-corrected chi connectivity index (χ0v) is 11.4. The zero-order valence-electron chi connectivity index (χ0n) is 11.4. The fraction of sp³-hybridized carbons (Fsp3) is 0.571. The highest BCUT2D eigenvalue weighted by Gasteiger charge is 2.21. The van der Waals surface area contributed by atoms with Crippen LogP contribution in [0.5, 0.6) is 0 Å². The lowest BCUT2D eigenvalue weighted by molar-refractivity contribution is 0.185. The van der Waals surface area contributed by atoms with Crippen LogP contribution in [0.15, 0.2) is 18.2 Å². The molecule has 0 aliphatic carbocycles. The molecule has 18 heavy (non-hydrogen) atoms. The second-order valence-electron chi connectivity index (χ2n) is 5.06. The molecule has 0 spiro atoms. The first kappa shape index (κ1) is 13.3. The summed E-state index contributed by atoms with van der Waals surface area (Å²) < 4.78 is 13.5. The van der Waals surface area contributed by atoms with Gasteiger partial charge < -0.3 is 10.2 Å². The summed E-state index contributed by atoms with van der Waals surface area (Å²) in [7, 11) is 4.00. The van der Waals surface area contributed by atoms with Crippen LogP contribution < -0.4 is 10.2 Å². The molecule has 1 aromatic rings. The Morgan fingerprint density at radius 2 is 1.94 bits per heavy atom. The number of anilines is 1. The number of benzene rings is 1. The van der Waals surface area contributed by atoms with Crippen molar-refractivity contribution in [3.63, 3.8) is 0 Å². The Morgan fingerprint density at radius 1 is 1.28 bits per heavy atom. The van der Waals surface area contributed by atoms with Gasteiger partial charge in [-0.25, -0.2) is 4.39 Å². The van der Waals surface area contributed by atoms with Crippen LogP contribution in [-0.2, 0) is 0 Å². The van der Waals surface area contributed by atoms with Gasteiger partial charge in [0.05, 0.1) is 0 Å². The monoisotopic (exact) mass is 251 g/mol. The number of halogens is 1. The molecule has 1 aliphatic rings. The van der Waals surface area contributed by atoms with Crippen LogP contribution in [0.4, 0.5) is 10.1 Å². The quantitative estimate of drug-likeness (QED) is 0.884. The highest BCUT2D eigenvalue weighted by atomic mass is 19.1. The summed E-state index contributed by atoms with van der Waals surface area (Å²) in [4.78, 5) is 4.45. The summed E-state index contributed by atoms with van der Waals surface area (Å²) in [5, 5.41) is 3.34. The standard InChI is InChI=1S/C14H22FN3/c1-11(18-8-6-16-7-9-18)13-10-12(15)4-5-14(13)17(2)3/h4-5,10-11,16H,6-9H2,1-3H3. The van der Waals surface area contributed by atoms with Gasteiger partial charge in [0.2, 0.25) is 0 Å². The molecule has 1 fully saturated rings. The largest absolute Gasteiger partial charge is 0.377 e. The third-order valence-corrected chi connectivity index (χ3v) is 3.62. The highest BCUT2D eigenvalue weighted by molar-refractivity contribution is 5.54. The second kappa shape index (κ2) is 5.67. The van der Waals surface area contributed by atoms with Crippen molar-refractivity contribution in [2.45, 2.75) is 13.0 Å². The first-order valence-corrected chi connectivity index (χ1v) is 6.51. The van der Waals surface area contributed by atoms with Gasteiger partial charge in [-0.3, -0.25) is 4.90 Å². The maximum absolute atomic E-state index is 13.5. The van der Waals surface area contributed by atoms with E-state index in [4.69, 9.17) is 0 Å². The van der Waals surface area contributed by atoms with Crippen molar-refractivity contribution in [3.8, 4) is 0 Å². The van der Waals surface area contributed by atoms with Crippen molar-refractivity contribution in [2.24, 2.45) is 0 Å². The van der Waals surface area contributed by atoms with Crippen LogP contribution in [0.25, 0.3) is 0 Å². The zero-order chi connectivity index (χ0) is 13.1. The van der Waals surface area contributed by atoms with Crippen LogP contribution in [-0.4, -0.2) is 45.2 Å². The van der Waals surface area contributed by atoms with Crippen molar-refractivity contribution >= 4 is 5.69 Å². The predicted octanol–water partition coefficient (Wildman–Crippen LogP) is 1.86. The topological polar surface area (TPSA) is 18.5 Å². The minimum Gasteiger partial charge on any atom is -0.377 e. The van der Waals surface area contributed by atoms with E-state index in [1.54, 1.807) is 6.07 Å². The number of nitrogens with zero attached hydrogens (tertiary/aromatic N) is 2. The van der Waals surface area contributed by atoms with Crippen molar-refractivity contribution in [2.75, 3.05) is 45.2 Å². The van der Waals surface area contributed by atoms with Gasteiger partial charge in [-0.1, -0.05) is 0 Å². The number of rotatable bonds is 3. The lowest BCUT2D eigenvalue weighted by Gasteiger charge is -2.34. The molecule has 4 heteroatoms. The predicted molar refractivity (Wildman–Crippen MR) is 73.6 cm³/mol. The minimum atomic E-state index is -0.155. The van der Waals surface area contributed by atoms with Gasteiger partial charge in [-0.2, -0.15) is 0 Å². The van der Waals surface area contributed by atoms with Crippen molar-refractivity contribution < 1.29 is 4.39 Å². The normalized spacial score (nSPS) is 18.7. The minimum absolute atomic E-state index is 0.155. The number of nitrogens with one attached hydrogen (secondary N) is 1. The van der Waals surface area contributed by atoms with Crippen LogP contribution >= 0.6 is 0 Å². The first-order valence-electron chi connectivity index (χ1n) is 6.51. The molecule has 1 unspecified atom stereocenters. The highest BCUT2D eigenvalue weighted by Crippen LogP contribution is 2.29. The van der Waals surface area contributed by atoms with Gasteiger partial charge in [-0.15, -0.1) is 0 Å². The van der Waals surface area contributed by atoms with Gasteiger partial charge in [0.25, 0.3) is 0 Å². The Hall–Kier alpha value is -1.13. The van der Waals surface area contributed by atoms with E-state index in [2.05, 4.69) is 17.1 Å². The van der Waals surface area contributed by atoms with E-state index >= 15 is 0 Å². The summed E-state index contributed by atoms with van der Waals surface area (Å²) >= 11 is 0. The third-order valence-electron chi connectivity index (χ3n) is 3.62. The number of piperazine rings is 1. The van der Waals surface area contributed by atoms with Gasteiger partial charge in [0.15, 0.2) is 0 Å². The van der Waals surface area contributed by atoms with E-state index in [0.717, 1.165) is 37.4 Å². The molecule has 0 amide bonds. The Bertz CT molecular complexity index is 400. The molecule has 0 bridgehead atoms. The average Bonchev–Trinajstić information content (AvgIpc) is 2.38. The Balaban J connectivity index is 2.27. The summed E-state index contributed by atoms with van der Waals surface area (Å²) in [6, 6.07) is 5.31. The molecule has 0 aromatic heterocycles. The first-order chi connectivity index (χ1) is 8.59. The van der Waals surface area contributed by atoms with Gasteiger partial charge in [0.1, 0.15) is 5.82 Å². The third kappa shape index (κ3) is 2.82.